The number of unbranched alkanes of at least 4 members (excludes halogenated alkanes) is 1. The van der Waals surface area contributed by atoms with Gasteiger partial charge in [-0.25, -0.2) is 8.42 Å². The zero-order chi connectivity index (χ0) is 22.0. The van der Waals surface area contributed by atoms with Crippen molar-refractivity contribution in [3.63, 3.8) is 0 Å². The highest BCUT2D eigenvalue weighted by Crippen LogP contribution is 2.20. The van der Waals surface area contributed by atoms with Gasteiger partial charge in [0, 0.05) is 24.3 Å². The second kappa shape index (κ2) is 11.7. The average molecular weight is 433 g/mol. The van der Waals surface area contributed by atoms with Gasteiger partial charge >= 0.3 is 0 Å². The number of amides is 1. The van der Waals surface area contributed by atoms with Crippen LogP contribution in [0.3, 0.4) is 0 Å². The number of hydrogen-bond donors (Lipinski definition) is 1. The van der Waals surface area contributed by atoms with Crippen LogP contribution in [0.15, 0.2) is 53.4 Å². The van der Waals surface area contributed by atoms with Crippen LogP contribution in [0.5, 0.6) is 5.75 Å². The van der Waals surface area contributed by atoms with E-state index in [0.717, 1.165) is 31.4 Å². The molecule has 164 valence electrons. The van der Waals surface area contributed by atoms with E-state index in [2.05, 4.69) is 12.2 Å². The minimum Gasteiger partial charge on any atom is -0.494 e. The zero-order valence-electron chi connectivity index (χ0n) is 18.1. The van der Waals surface area contributed by atoms with E-state index in [1.54, 1.807) is 36.4 Å². The molecule has 2 aromatic rings. The number of carbonyl (C=O) groups excluding carboxylic acids is 1. The molecule has 7 heteroatoms. The third-order valence-electron chi connectivity index (χ3n) is 4.58. The maximum Gasteiger partial charge on any atom is 0.255 e. The summed E-state index contributed by atoms with van der Waals surface area (Å²) >= 11 is 0. The highest BCUT2D eigenvalue weighted by Gasteiger charge is 2.22. The first kappa shape index (κ1) is 23.9. The summed E-state index contributed by atoms with van der Waals surface area (Å²) < 4.78 is 32.8. The van der Waals surface area contributed by atoms with Crippen LogP contribution in [0.25, 0.3) is 0 Å². The lowest BCUT2D eigenvalue weighted by molar-refractivity contribution is 0.102. The van der Waals surface area contributed by atoms with Gasteiger partial charge < -0.3 is 10.1 Å². The molecule has 0 aliphatic carbocycles. The number of anilines is 1. The molecule has 0 spiro atoms. The molecule has 0 unspecified atom stereocenters. The minimum absolute atomic E-state index is 0.232. The van der Waals surface area contributed by atoms with Crippen LogP contribution in [0, 0.1) is 0 Å². The van der Waals surface area contributed by atoms with Gasteiger partial charge in [0.05, 0.1) is 11.5 Å². The van der Waals surface area contributed by atoms with Crippen LogP contribution in [-0.2, 0) is 10.0 Å². The summed E-state index contributed by atoms with van der Waals surface area (Å²) in [7, 11) is -3.53. The van der Waals surface area contributed by atoms with Crippen LogP contribution < -0.4 is 10.1 Å². The van der Waals surface area contributed by atoms with Crippen molar-refractivity contribution in [3.05, 3.63) is 54.1 Å². The Hall–Kier alpha value is -2.38. The van der Waals surface area contributed by atoms with Gasteiger partial charge in [0.1, 0.15) is 5.75 Å². The molecule has 0 saturated carbocycles. The fourth-order valence-electron chi connectivity index (χ4n) is 2.95. The molecule has 0 bridgehead atoms. The number of nitrogens with zero attached hydrogens (tertiary/aromatic N) is 1. The van der Waals surface area contributed by atoms with Crippen LogP contribution in [0.4, 0.5) is 5.69 Å². The summed E-state index contributed by atoms with van der Waals surface area (Å²) in [6.07, 6.45) is 3.57. The SMILES string of the molecule is CCCCOc1ccc(C(=O)Nc2ccc(S(=O)(=O)N(CCC)CCC)cc2)cc1. The molecule has 0 radical (unpaired) electrons. The van der Waals surface area contributed by atoms with Gasteiger partial charge in [-0.1, -0.05) is 27.2 Å². The highest BCUT2D eigenvalue weighted by atomic mass is 32.2. The molecular formula is C23H32N2O4S. The Kier molecular flexibility index (Phi) is 9.33. The minimum atomic E-state index is -3.53. The predicted octanol–water partition coefficient (Wildman–Crippen LogP) is 4.93. The quantitative estimate of drug-likeness (QED) is 0.483. The monoisotopic (exact) mass is 432 g/mol. The van der Waals surface area contributed by atoms with Gasteiger partial charge in [0.2, 0.25) is 10.0 Å². The second-order valence-corrected chi connectivity index (χ2v) is 9.05. The zero-order valence-corrected chi connectivity index (χ0v) is 18.9. The van der Waals surface area contributed by atoms with Crippen molar-refractivity contribution in [2.75, 3.05) is 25.0 Å². The Morgan fingerprint density at radius 3 is 2.03 bits per heavy atom. The predicted molar refractivity (Wildman–Crippen MR) is 121 cm³/mol. The molecule has 0 aliphatic rings. The molecule has 1 amide bonds. The van der Waals surface area contributed by atoms with E-state index in [4.69, 9.17) is 4.74 Å². The Balaban J connectivity index is 2.03. The van der Waals surface area contributed by atoms with Gasteiger partial charge in [-0.2, -0.15) is 4.31 Å². The van der Waals surface area contributed by atoms with E-state index in [0.29, 0.717) is 30.9 Å². The van der Waals surface area contributed by atoms with Crippen molar-refractivity contribution in [2.24, 2.45) is 0 Å². The molecule has 0 aliphatic heterocycles. The summed E-state index contributed by atoms with van der Waals surface area (Å²) in [5, 5.41) is 2.80. The summed E-state index contributed by atoms with van der Waals surface area (Å²) in [5.74, 6) is 0.475. The lowest BCUT2D eigenvalue weighted by Crippen LogP contribution is -2.32. The summed E-state index contributed by atoms with van der Waals surface area (Å²) in [6.45, 7) is 7.66. The van der Waals surface area contributed by atoms with Gasteiger partial charge in [-0.05, 0) is 67.8 Å². The van der Waals surface area contributed by atoms with Gasteiger partial charge in [0.25, 0.3) is 5.91 Å². The lowest BCUT2D eigenvalue weighted by atomic mass is 10.2. The lowest BCUT2D eigenvalue weighted by Gasteiger charge is -2.21. The Morgan fingerprint density at radius 2 is 1.50 bits per heavy atom. The maximum absolute atomic E-state index is 12.8. The standard InChI is InChI=1S/C23H32N2O4S/c1-4-7-18-29-21-12-8-19(9-13-21)23(26)24-20-10-14-22(15-11-20)30(27,28)25(16-5-2)17-6-3/h8-15H,4-7,16-18H2,1-3H3,(H,24,26). The van der Waals surface area contributed by atoms with Crippen molar-refractivity contribution >= 4 is 21.6 Å². The smallest absolute Gasteiger partial charge is 0.255 e. The highest BCUT2D eigenvalue weighted by molar-refractivity contribution is 7.89. The summed E-state index contributed by atoms with van der Waals surface area (Å²) in [6, 6.07) is 13.3. The molecule has 0 fully saturated rings. The van der Waals surface area contributed by atoms with Gasteiger partial charge in [-0.15, -0.1) is 0 Å². The van der Waals surface area contributed by atoms with Crippen molar-refractivity contribution < 1.29 is 17.9 Å². The first-order chi connectivity index (χ1) is 14.4. The van der Waals surface area contributed by atoms with Gasteiger partial charge in [-0.3, -0.25) is 4.79 Å². The molecule has 2 rings (SSSR count). The van der Waals surface area contributed by atoms with E-state index in [1.165, 1.54) is 16.4 Å². The first-order valence-corrected chi connectivity index (χ1v) is 12.0. The third kappa shape index (κ3) is 6.57. The van der Waals surface area contributed by atoms with E-state index in [9.17, 15) is 13.2 Å². The van der Waals surface area contributed by atoms with Crippen molar-refractivity contribution in [2.45, 2.75) is 51.3 Å². The van der Waals surface area contributed by atoms with E-state index in [1.807, 2.05) is 13.8 Å². The largest absolute Gasteiger partial charge is 0.494 e. The van der Waals surface area contributed by atoms with Crippen LogP contribution >= 0.6 is 0 Å². The fraction of sp³-hybridized carbons (Fsp3) is 0.435. The molecular weight excluding hydrogens is 400 g/mol. The van der Waals surface area contributed by atoms with Crippen LogP contribution in [0.1, 0.15) is 56.8 Å². The van der Waals surface area contributed by atoms with Crippen molar-refractivity contribution in [1.29, 1.82) is 0 Å². The molecule has 2 aromatic carbocycles. The Morgan fingerprint density at radius 1 is 0.900 bits per heavy atom. The number of rotatable bonds is 12. The van der Waals surface area contributed by atoms with Gasteiger partial charge in [0.15, 0.2) is 0 Å². The van der Waals surface area contributed by atoms with E-state index >= 15 is 0 Å². The first-order valence-electron chi connectivity index (χ1n) is 10.6. The fourth-order valence-corrected chi connectivity index (χ4v) is 4.57. The average Bonchev–Trinajstić information content (AvgIpc) is 2.74. The molecule has 6 nitrogen and oxygen atoms in total. The normalized spacial score (nSPS) is 11.5. The molecule has 1 N–H and O–H groups in total. The third-order valence-corrected chi connectivity index (χ3v) is 6.49. The number of nitrogens with one attached hydrogen (secondary N) is 1. The molecule has 0 saturated heterocycles. The molecule has 0 atom stereocenters. The summed E-state index contributed by atoms with van der Waals surface area (Å²) in [5.41, 5.74) is 1.05. The molecule has 0 aromatic heterocycles. The summed E-state index contributed by atoms with van der Waals surface area (Å²) in [4.78, 5) is 12.7. The number of hydrogen-bond acceptors (Lipinski definition) is 4. The van der Waals surface area contributed by atoms with Crippen LogP contribution in [0.2, 0.25) is 0 Å². The molecule has 0 heterocycles. The Labute approximate surface area is 180 Å². The van der Waals surface area contributed by atoms with Crippen molar-refractivity contribution in [3.8, 4) is 5.75 Å². The van der Waals surface area contributed by atoms with E-state index < -0.39 is 10.0 Å². The van der Waals surface area contributed by atoms with Crippen molar-refractivity contribution in [1.82, 2.24) is 4.31 Å². The van der Waals surface area contributed by atoms with Crippen LogP contribution in [-0.4, -0.2) is 38.3 Å². The Bertz CT molecular complexity index is 888. The second-order valence-electron chi connectivity index (χ2n) is 7.11. The van der Waals surface area contributed by atoms with E-state index in [-0.39, 0.29) is 10.8 Å². The number of ether oxygens (including phenoxy) is 1. The number of sulfonamides is 1. The maximum atomic E-state index is 12.8. The number of carbonyl (C=O) groups is 1. The number of benzene rings is 2. The topological polar surface area (TPSA) is 75.7 Å². The molecule has 30 heavy (non-hydrogen) atoms.